The van der Waals surface area contributed by atoms with Gasteiger partial charge in [-0.3, -0.25) is 4.90 Å². The fourth-order valence-corrected chi connectivity index (χ4v) is 3.13. The summed E-state index contributed by atoms with van der Waals surface area (Å²) < 4.78 is 1.10. The Morgan fingerprint density at radius 2 is 2.07 bits per heavy atom. The van der Waals surface area contributed by atoms with Crippen molar-refractivity contribution in [3.63, 3.8) is 0 Å². The monoisotopic (exact) mass is 277 g/mol. The number of hydrogen-bond acceptors (Lipinski definition) is 4. The highest BCUT2D eigenvalue weighted by atomic mass is 79.9. The van der Waals surface area contributed by atoms with Crippen molar-refractivity contribution in [3.8, 4) is 0 Å². The molecule has 3 nitrogen and oxygen atoms in total. The summed E-state index contributed by atoms with van der Waals surface area (Å²) in [5.41, 5.74) is 0. The van der Waals surface area contributed by atoms with Crippen LogP contribution in [0.5, 0.6) is 0 Å². The van der Waals surface area contributed by atoms with E-state index in [1.807, 2.05) is 5.38 Å². The van der Waals surface area contributed by atoms with Crippen molar-refractivity contribution >= 4 is 27.3 Å². The summed E-state index contributed by atoms with van der Waals surface area (Å²) in [6, 6.07) is 2.07. The van der Waals surface area contributed by atoms with E-state index in [0.717, 1.165) is 11.0 Å². The molecule has 0 amide bonds. The molecular formula is C9H12BrNO2S. The number of nitrogens with zero attached hydrogens (tertiary/aromatic N) is 1. The van der Waals surface area contributed by atoms with Crippen LogP contribution in [-0.4, -0.2) is 40.4 Å². The summed E-state index contributed by atoms with van der Waals surface area (Å²) in [7, 11) is 0. The first-order chi connectivity index (χ1) is 6.65. The third-order valence-corrected chi connectivity index (χ3v) is 4.02. The van der Waals surface area contributed by atoms with Crippen LogP contribution in [0.15, 0.2) is 15.9 Å². The van der Waals surface area contributed by atoms with Gasteiger partial charge in [0.2, 0.25) is 0 Å². The molecule has 0 spiro atoms. The summed E-state index contributed by atoms with van der Waals surface area (Å²) in [6.07, 6.45) is -1.17. The van der Waals surface area contributed by atoms with Crippen LogP contribution in [0.3, 0.4) is 0 Å². The van der Waals surface area contributed by atoms with Crippen LogP contribution in [0.1, 0.15) is 4.88 Å². The third kappa shape index (κ3) is 2.35. The van der Waals surface area contributed by atoms with Crippen molar-refractivity contribution in [1.29, 1.82) is 0 Å². The maximum Gasteiger partial charge on any atom is 0.0938 e. The number of aliphatic hydroxyl groups excluding tert-OH is 2. The van der Waals surface area contributed by atoms with Gasteiger partial charge in [-0.15, -0.1) is 11.3 Å². The third-order valence-electron chi connectivity index (χ3n) is 2.34. The molecule has 0 saturated carbocycles. The lowest BCUT2D eigenvalue weighted by molar-refractivity contribution is 0.0572. The number of β-amino-alcohol motifs (C(OH)–C–C–N with tert-alkyl or cyclic N) is 2. The molecule has 2 rings (SSSR count). The number of halogens is 1. The van der Waals surface area contributed by atoms with Gasteiger partial charge >= 0.3 is 0 Å². The molecule has 1 aromatic rings. The van der Waals surface area contributed by atoms with E-state index in [4.69, 9.17) is 0 Å². The molecule has 1 aliphatic rings. The molecule has 2 heterocycles. The lowest BCUT2D eigenvalue weighted by atomic mass is 10.3. The van der Waals surface area contributed by atoms with Crippen LogP contribution in [0, 0.1) is 0 Å². The molecule has 14 heavy (non-hydrogen) atoms. The molecule has 0 radical (unpaired) electrons. The first-order valence-corrected chi connectivity index (χ1v) is 6.14. The van der Waals surface area contributed by atoms with Crippen LogP contribution in [-0.2, 0) is 6.54 Å². The first-order valence-electron chi connectivity index (χ1n) is 4.46. The molecule has 0 aliphatic carbocycles. The first kappa shape index (κ1) is 10.6. The van der Waals surface area contributed by atoms with Gasteiger partial charge < -0.3 is 10.2 Å². The highest BCUT2D eigenvalue weighted by Gasteiger charge is 2.29. The molecular weight excluding hydrogens is 266 g/mol. The average Bonchev–Trinajstić information content (AvgIpc) is 2.62. The van der Waals surface area contributed by atoms with E-state index in [-0.39, 0.29) is 0 Å². The number of likely N-dealkylation sites (tertiary alicyclic amines) is 1. The number of thiophene rings is 1. The van der Waals surface area contributed by atoms with Gasteiger partial charge in [-0.05, 0) is 22.0 Å². The van der Waals surface area contributed by atoms with Gasteiger partial charge in [-0.2, -0.15) is 0 Å². The van der Waals surface area contributed by atoms with E-state index in [1.54, 1.807) is 11.3 Å². The summed E-state index contributed by atoms with van der Waals surface area (Å²) in [4.78, 5) is 3.31. The molecule has 1 saturated heterocycles. The van der Waals surface area contributed by atoms with Gasteiger partial charge in [-0.1, -0.05) is 0 Å². The predicted octanol–water partition coefficient (Wildman–Crippen LogP) is 1.05. The second kappa shape index (κ2) is 4.28. The predicted molar refractivity (Wildman–Crippen MR) is 59.3 cm³/mol. The summed E-state index contributed by atoms with van der Waals surface area (Å²) in [5, 5.41) is 20.7. The van der Waals surface area contributed by atoms with Gasteiger partial charge in [0.05, 0.1) is 12.2 Å². The van der Waals surface area contributed by atoms with Crippen molar-refractivity contribution in [1.82, 2.24) is 4.90 Å². The van der Waals surface area contributed by atoms with Crippen molar-refractivity contribution in [2.75, 3.05) is 13.1 Å². The zero-order chi connectivity index (χ0) is 10.1. The van der Waals surface area contributed by atoms with Gasteiger partial charge in [0, 0.05) is 34.4 Å². The Kier molecular flexibility index (Phi) is 3.23. The lowest BCUT2D eigenvalue weighted by Gasteiger charge is -2.12. The SMILES string of the molecule is OC1CN(Cc2cc(Br)cs2)CC1O. The molecule has 1 fully saturated rings. The quantitative estimate of drug-likeness (QED) is 0.850. The molecule has 5 heteroatoms. The van der Waals surface area contributed by atoms with Crippen molar-refractivity contribution in [2.24, 2.45) is 0 Å². The van der Waals surface area contributed by atoms with Crippen LogP contribution in [0.2, 0.25) is 0 Å². The smallest absolute Gasteiger partial charge is 0.0938 e. The Balaban J connectivity index is 1.93. The molecule has 2 unspecified atom stereocenters. The molecule has 0 aromatic carbocycles. The fourth-order valence-electron chi connectivity index (χ4n) is 1.63. The number of hydrogen-bond donors (Lipinski definition) is 2. The van der Waals surface area contributed by atoms with Crippen LogP contribution in [0.25, 0.3) is 0 Å². The standard InChI is InChI=1S/C9H12BrNO2S/c10-6-1-7(14-5-6)2-11-3-8(12)9(13)4-11/h1,5,8-9,12-13H,2-4H2. The molecule has 78 valence electrons. The van der Waals surface area contributed by atoms with E-state index < -0.39 is 12.2 Å². The van der Waals surface area contributed by atoms with Crippen LogP contribution in [0.4, 0.5) is 0 Å². The Hall–Kier alpha value is 0.0600. The maximum absolute atomic E-state index is 9.35. The summed E-state index contributed by atoms with van der Waals surface area (Å²) in [6.45, 7) is 1.94. The minimum atomic E-state index is -0.585. The van der Waals surface area contributed by atoms with E-state index in [2.05, 4.69) is 26.9 Å². The van der Waals surface area contributed by atoms with Crippen molar-refractivity contribution < 1.29 is 10.2 Å². The van der Waals surface area contributed by atoms with Gasteiger partial charge in [0.15, 0.2) is 0 Å². The van der Waals surface area contributed by atoms with Gasteiger partial charge in [0.25, 0.3) is 0 Å². The Bertz CT molecular complexity index is 308. The largest absolute Gasteiger partial charge is 0.389 e. The second-order valence-corrected chi connectivity index (χ2v) is 5.47. The van der Waals surface area contributed by atoms with Crippen molar-refractivity contribution in [3.05, 3.63) is 20.8 Å². The molecule has 2 atom stereocenters. The van der Waals surface area contributed by atoms with Crippen molar-refractivity contribution in [2.45, 2.75) is 18.8 Å². The fraction of sp³-hybridized carbons (Fsp3) is 0.556. The topological polar surface area (TPSA) is 43.7 Å². The van der Waals surface area contributed by atoms with E-state index >= 15 is 0 Å². The zero-order valence-electron chi connectivity index (χ0n) is 7.56. The molecule has 2 N–H and O–H groups in total. The normalized spacial score (nSPS) is 28.5. The Morgan fingerprint density at radius 1 is 1.43 bits per heavy atom. The minimum Gasteiger partial charge on any atom is -0.389 e. The summed E-state index contributed by atoms with van der Waals surface area (Å²) in [5.74, 6) is 0. The average molecular weight is 278 g/mol. The Morgan fingerprint density at radius 3 is 2.57 bits per heavy atom. The number of rotatable bonds is 2. The van der Waals surface area contributed by atoms with Crippen LogP contribution >= 0.6 is 27.3 Å². The highest BCUT2D eigenvalue weighted by molar-refractivity contribution is 9.10. The maximum atomic E-state index is 9.35. The zero-order valence-corrected chi connectivity index (χ0v) is 9.96. The Labute approximate surface area is 95.1 Å². The van der Waals surface area contributed by atoms with E-state index in [1.165, 1.54) is 4.88 Å². The molecule has 1 aromatic heterocycles. The lowest BCUT2D eigenvalue weighted by Crippen LogP contribution is -2.22. The van der Waals surface area contributed by atoms with E-state index in [0.29, 0.717) is 13.1 Å². The minimum absolute atomic E-state index is 0.566. The van der Waals surface area contributed by atoms with Crippen LogP contribution < -0.4 is 0 Å². The highest BCUT2D eigenvalue weighted by Crippen LogP contribution is 2.22. The summed E-state index contributed by atoms with van der Waals surface area (Å²) >= 11 is 5.09. The second-order valence-electron chi connectivity index (χ2n) is 3.56. The molecule has 0 bridgehead atoms. The van der Waals surface area contributed by atoms with Gasteiger partial charge in [0.1, 0.15) is 0 Å². The van der Waals surface area contributed by atoms with Gasteiger partial charge in [-0.25, -0.2) is 0 Å². The molecule has 1 aliphatic heterocycles. The number of aliphatic hydroxyl groups is 2. The van der Waals surface area contributed by atoms with E-state index in [9.17, 15) is 10.2 Å².